The van der Waals surface area contributed by atoms with Crippen molar-refractivity contribution in [1.82, 2.24) is 4.72 Å². The molecule has 1 aliphatic carbocycles. The second-order valence-corrected chi connectivity index (χ2v) is 7.61. The highest BCUT2D eigenvalue weighted by molar-refractivity contribution is 7.89. The van der Waals surface area contributed by atoms with Crippen LogP contribution >= 0.6 is 0 Å². The minimum absolute atomic E-state index is 0.0198. The molecule has 2 N–H and O–H groups in total. The molecular weight excluding hydrogens is 328 g/mol. The molecule has 0 spiro atoms. The third-order valence-electron chi connectivity index (χ3n) is 4.12. The van der Waals surface area contributed by atoms with Crippen LogP contribution in [0.3, 0.4) is 0 Å². The van der Waals surface area contributed by atoms with Gasteiger partial charge in [0.2, 0.25) is 10.0 Å². The van der Waals surface area contributed by atoms with Crippen molar-refractivity contribution in [2.75, 3.05) is 0 Å². The van der Waals surface area contributed by atoms with Crippen LogP contribution in [0.1, 0.15) is 31.2 Å². The van der Waals surface area contributed by atoms with E-state index in [-0.39, 0.29) is 24.2 Å². The van der Waals surface area contributed by atoms with Gasteiger partial charge in [0.25, 0.3) is 5.92 Å². The Kier molecular flexibility index (Phi) is 5.05. The summed E-state index contributed by atoms with van der Waals surface area (Å²) >= 11 is 0. The summed E-state index contributed by atoms with van der Waals surface area (Å²) in [5.41, 5.74) is 0.855. The van der Waals surface area contributed by atoms with E-state index >= 15 is 0 Å². The van der Waals surface area contributed by atoms with E-state index < -0.39 is 40.3 Å². The fourth-order valence-electron chi connectivity index (χ4n) is 2.63. The Morgan fingerprint density at radius 2 is 1.83 bits per heavy atom. The molecule has 0 unspecified atom stereocenters. The number of hydrogen-bond donors (Lipinski definition) is 2. The van der Waals surface area contributed by atoms with Gasteiger partial charge in [0, 0.05) is 6.42 Å². The van der Waals surface area contributed by atoms with Gasteiger partial charge in [-0.2, -0.15) is 0 Å². The molecule has 128 valence electrons. The van der Waals surface area contributed by atoms with Gasteiger partial charge in [0.1, 0.15) is 0 Å². The van der Waals surface area contributed by atoms with Gasteiger partial charge in [0.05, 0.1) is 16.9 Å². The quantitative estimate of drug-likeness (QED) is 0.820. The van der Waals surface area contributed by atoms with Crippen molar-refractivity contribution in [2.45, 2.75) is 49.5 Å². The highest BCUT2D eigenvalue weighted by Gasteiger charge is 2.45. The summed E-state index contributed by atoms with van der Waals surface area (Å²) in [7, 11) is -4.08. The first-order chi connectivity index (χ1) is 10.6. The van der Waals surface area contributed by atoms with Crippen molar-refractivity contribution in [3.05, 3.63) is 29.8 Å². The Balaban J connectivity index is 2.19. The maximum Gasteiger partial charge on any atom is 0.306 e. The molecule has 0 heterocycles. The predicted molar refractivity (Wildman–Crippen MR) is 79.8 cm³/mol. The number of nitrogens with one attached hydrogen (secondary N) is 1. The van der Waals surface area contributed by atoms with Crippen LogP contribution in [0.5, 0.6) is 0 Å². The molecule has 0 amide bonds. The molecule has 1 aliphatic rings. The molecule has 2 atom stereocenters. The van der Waals surface area contributed by atoms with Gasteiger partial charge < -0.3 is 5.11 Å². The van der Waals surface area contributed by atoms with E-state index in [1.165, 1.54) is 12.1 Å². The number of carboxylic acids is 1. The summed E-state index contributed by atoms with van der Waals surface area (Å²) in [4.78, 5) is 10.9. The van der Waals surface area contributed by atoms with Crippen LogP contribution in [-0.4, -0.2) is 31.5 Å². The minimum Gasteiger partial charge on any atom is -0.481 e. The van der Waals surface area contributed by atoms with Gasteiger partial charge in [-0.25, -0.2) is 21.9 Å². The topological polar surface area (TPSA) is 83.5 Å². The lowest BCUT2D eigenvalue weighted by atomic mass is 10.0. The Morgan fingerprint density at radius 3 is 2.39 bits per heavy atom. The summed E-state index contributed by atoms with van der Waals surface area (Å²) in [6.45, 7) is 1.79. The number of aryl methyl sites for hydroxylation is 1. The molecule has 0 aromatic heterocycles. The van der Waals surface area contributed by atoms with Gasteiger partial charge in [-0.15, -0.1) is 0 Å². The number of benzene rings is 1. The first kappa shape index (κ1) is 17.8. The van der Waals surface area contributed by atoms with Crippen LogP contribution in [0.15, 0.2) is 29.2 Å². The number of alkyl halides is 2. The van der Waals surface area contributed by atoms with Crippen molar-refractivity contribution in [2.24, 2.45) is 5.92 Å². The molecule has 1 aromatic rings. The van der Waals surface area contributed by atoms with Crippen LogP contribution < -0.4 is 4.72 Å². The van der Waals surface area contributed by atoms with E-state index in [0.717, 1.165) is 5.56 Å². The summed E-state index contributed by atoms with van der Waals surface area (Å²) in [5, 5.41) is 8.97. The summed E-state index contributed by atoms with van der Waals surface area (Å²) in [5.74, 6) is -5.26. The number of carbonyl (C=O) groups is 1. The average molecular weight is 347 g/mol. The number of carboxylic acid groups (broad SMARTS) is 1. The third-order valence-corrected chi connectivity index (χ3v) is 5.61. The molecule has 8 heteroatoms. The Morgan fingerprint density at radius 1 is 1.22 bits per heavy atom. The van der Waals surface area contributed by atoms with Gasteiger partial charge in [0.15, 0.2) is 0 Å². The van der Waals surface area contributed by atoms with Crippen molar-refractivity contribution < 1.29 is 27.1 Å². The maximum atomic E-state index is 14.2. The Labute approximate surface area is 133 Å². The fraction of sp³-hybridized carbons (Fsp3) is 0.533. The number of halogens is 2. The highest BCUT2D eigenvalue weighted by Crippen LogP contribution is 2.35. The maximum absolute atomic E-state index is 14.2. The molecule has 0 bridgehead atoms. The lowest BCUT2D eigenvalue weighted by molar-refractivity contribution is -0.142. The number of hydrogen-bond acceptors (Lipinski definition) is 3. The van der Waals surface area contributed by atoms with Gasteiger partial charge in [-0.05, 0) is 38.3 Å². The Hall–Kier alpha value is -1.54. The minimum atomic E-state index is -4.08. The molecule has 0 aliphatic heterocycles. The van der Waals surface area contributed by atoms with Crippen molar-refractivity contribution in [3.8, 4) is 0 Å². The number of sulfonamides is 1. The first-order valence-corrected chi connectivity index (χ1v) is 8.80. The van der Waals surface area contributed by atoms with E-state index in [2.05, 4.69) is 0 Å². The molecule has 1 saturated carbocycles. The normalized spacial score (nSPS) is 24.8. The Bertz CT molecular complexity index is 673. The van der Waals surface area contributed by atoms with E-state index in [0.29, 0.717) is 0 Å². The zero-order valence-corrected chi connectivity index (χ0v) is 13.4. The predicted octanol–water partition coefficient (Wildman–Crippen LogP) is 2.55. The fourth-order valence-corrected chi connectivity index (χ4v) is 3.92. The molecule has 0 radical (unpaired) electrons. The van der Waals surface area contributed by atoms with Crippen molar-refractivity contribution >= 4 is 16.0 Å². The monoisotopic (exact) mass is 347 g/mol. The smallest absolute Gasteiger partial charge is 0.306 e. The molecule has 0 saturated heterocycles. The summed E-state index contributed by atoms with van der Waals surface area (Å²) < 4.78 is 54.9. The molecule has 23 heavy (non-hydrogen) atoms. The summed E-state index contributed by atoms with van der Waals surface area (Å²) in [6.07, 6.45) is -1.00. The van der Waals surface area contributed by atoms with E-state index in [1.807, 2.05) is 4.72 Å². The largest absolute Gasteiger partial charge is 0.481 e. The van der Waals surface area contributed by atoms with Gasteiger partial charge >= 0.3 is 5.97 Å². The molecular formula is C15H19F2NO4S. The second kappa shape index (κ2) is 6.52. The van der Waals surface area contributed by atoms with Gasteiger partial charge in [-0.1, -0.05) is 17.7 Å². The second-order valence-electron chi connectivity index (χ2n) is 5.90. The van der Waals surface area contributed by atoms with Crippen LogP contribution in [0.2, 0.25) is 0 Å². The van der Waals surface area contributed by atoms with Crippen LogP contribution in [-0.2, 0) is 14.8 Å². The van der Waals surface area contributed by atoms with E-state index in [1.54, 1.807) is 19.1 Å². The van der Waals surface area contributed by atoms with Crippen LogP contribution in [0.25, 0.3) is 0 Å². The summed E-state index contributed by atoms with van der Waals surface area (Å²) in [6, 6.07) is 4.28. The van der Waals surface area contributed by atoms with Crippen molar-refractivity contribution in [3.63, 3.8) is 0 Å². The third kappa shape index (κ3) is 4.26. The highest BCUT2D eigenvalue weighted by atomic mass is 32.2. The van der Waals surface area contributed by atoms with Crippen molar-refractivity contribution in [1.29, 1.82) is 0 Å². The lowest BCUT2D eigenvalue weighted by Crippen LogP contribution is -2.46. The molecule has 5 nitrogen and oxygen atoms in total. The molecule has 1 aromatic carbocycles. The SMILES string of the molecule is Cc1ccc(S(=O)(=O)N[C@@H]2CC[C@@H](C(=O)O)CCC2(F)F)cc1. The first-order valence-electron chi connectivity index (χ1n) is 7.31. The standard InChI is InChI=1S/C15H19F2NO4S/c1-10-2-5-12(6-3-10)23(21,22)18-13-7-4-11(14(19)20)8-9-15(13,16)17/h2-3,5-6,11,13,18H,4,7-9H2,1H3,(H,19,20)/t11-,13-/m1/s1. The molecule has 1 fully saturated rings. The number of aliphatic carboxylic acids is 1. The zero-order chi connectivity index (χ0) is 17.3. The lowest BCUT2D eigenvalue weighted by Gasteiger charge is -2.25. The number of rotatable bonds is 4. The molecule has 2 rings (SSSR count). The van der Waals surface area contributed by atoms with Gasteiger partial charge in [-0.3, -0.25) is 4.79 Å². The van der Waals surface area contributed by atoms with E-state index in [4.69, 9.17) is 5.11 Å². The average Bonchev–Trinajstić information content (AvgIpc) is 2.59. The van der Waals surface area contributed by atoms with E-state index in [9.17, 15) is 22.0 Å². The van der Waals surface area contributed by atoms with Crippen LogP contribution in [0.4, 0.5) is 8.78 Å². The zero-order valence-electron chi connectivity index (χ0n) is 12.6. The van der Waals surface area contributed by atoms with Crippen LogP contribution in [0, 0.1) is 12.8 Å².